The standard InChI is InChI=1S/C42H41B/c1-28-8-16-32(17-9-28)38-39(33-18-10-29(2)11-19-33)41(35-22-14-31(4)15-23-35)43(40(38)34-20-12-30(3)13-21-34)37-26-24-36(25-27-37)42(5,6)7/h8-27H,1-7H3. The van der Waals surface area contributed by atoms with Crippen LogP contribution < -0.4 is 5.46 Å². The number of hydrogen-bond acceptors (Lipinski definition) is 0. The van der Waals surface area contributed by atoms with Crippen molar-refractivity contribution in [2.45, 2.75) is 53.9 Å². The lowest BCUT2D eigenvalue weighted by molar-refractivity contribution is 0.590. The summed E-state index contributed by atoms with van der Waals surface area (Å²) in [5.41, 5.74) is 18.3. The zero-order valence-corrected chi connectivity index (χ0v) is 26.6. The summed E-state index contributed by atoms with van der Waals surface area (Å²) < 4.78 is 0. The van der Waals surface area contributed by atoms with Crippen molar-refractivity contribution in [1.82, 2.24) is 0 Å². The quantitative estimate of drug-likeness (QED) is 0.189. The van der Waals surface area contributed by atoms with Gasteiger partial charge in [0.25, 0.3) is 0 Å². The fraction of sp³-hybridized carbons (Fsp3) is 0.190. The molecular formula is C42H41B. The first-order valence-electron chi connectivity index (χ1n) is 15.5. The van der Waals surface area contributed by atoms with Crippen LogP contribution in [-0.4, -0.2) is 6.71 Å². The van der Waals surface area contributed by atoms with Crippen molar-refractivity contribution >= 4 is 34.3 Å². The minimum atomic E-state index is 0.0760. The highest BCUT2D eigenvalue weighted by molar-refractivity contribution is 7.08. The van der Waals surface area contributed by atoms with Crippen LogP contribution in [0.25, 0.3) is 22.1 Å². The van der Waals surface area contributed by atoms with E-state index in [1.165, 1.54) is 77.6 Å². The second-order valence-corrected chi connectivity index (χ2v) is 13.3. The van der Waals surface area contributed by atoms with Gasteiger partial charge in [0.1, 0.15) is 0 Å². The Balaban J connectivity index is 1.74. The van der Waals surface area contributed by atoms with E-state index in [2.05, 4.69) is 170 Å². The second-order valence-electron chi connectivity index (χ2n) is 13.3. The van der Waals surface area contributed by atoms with E-state index in [1.807, 2.05) is 0 Å². The molecule has 5 aromatic rings. The number of benzene rings is 5. The number of allylic oxidation sites excluding steroid dienone is 2. The van der Waals surface area contributed by atoms with Crippen LogP contribution in [-0.2, 0) is 5.41 Å². The van der Waals surface area contributed by atoms with Crippen molar-refractivity contribution in [3.8, 4) is 0 Å². The van der Waals surface area contributed by atoms with Crippen molar-refractivity contribution in [3.05, 3.63) is 171 Å². The van der Waals surface area contributed by atoms with E-state index < -0.39 is 0 Å². The molecular weight excluding hydrogens is 515 g/mol. The van der Waals surface area contributed by atoms with Gasteiger partial charge in [-0.25, -0.2) is 0 Å². The molecule has 0 nitrogen and oxygen atoms in total. The third-order valence-electron chi connectivity index (χ3n) is 8.88. The summed E-state index contributed by atoms with van der Waals surface area (Å²) in [7, 11) is 0. The summed E-state index contributed by atoms with van der Waals surface area (Å²) >= 11 is 0. The van der Waals surface area contributed by atoms with Crippen molar-refractivity contribution < 1.29 is 0 Å². The van der Waals surface area contributed by atoms with Crippen molar-refractivity contribution in [2.24, 2.45) is 0 Å². The van der Waals surface area contributed by atoms with Gasteiger partial charge in [0.2, 0.25) is 6.71 Å². The van der Waals surface area contributed by atoms with E-state index in [-0.39, 0.29) is 12.1 Å². The van der Waals surface area contributed by atoms with Gasteiger partial charge in [0.15, 0.2) is 0 Å². The molecule has 0 radical (unpaired) electrons. The summed E-state index contributed by atoms with van der Waals surface area (Å²) in [6.45, 7) is 15.6. The SMILES string of the molecule is Cc1ccc(C2=C(c3ccc(C)cc3)C(c3ccc(C)cc3)=C(c3ccc(C)cc3)B2c2ccc(C(C)(C)C)cc2)cc1. The fourth-order valence-corrected chi connectivity index (χ4v) is 6.34. The number of rotatable bonds is 5. The van der Waals surface area contributed by atoms with E-state index in [9.17, 15) is 0 Å². The molecule has 0 bridgehead atoms. The molecule has 1 aliphatic heterocycles. The average Bonchev–Trinajstić information content (AvgIpc) is 3.34. The molecule has 0 aliphatic carbocycles. The predicted molar refractivity (Wildman–Crippen MR) is 189 cm³/mol. The van der Waals surface area contributed by atoms with Gasteiger partial charge < -0.3 is 0 Å². The first kappa shape index (κ1) is 28.8. The van der Waals surface area contributed by atoms with Gasteiger partial charge in [-0.05, 0) is 72.1 Å². The van der Waals surface area contributed by atoms with Crippen LogP contribution in [0, 0.1) is 27.7 Å². The molecule has 1 heterocycles. The lowest BCUT2D eigenvalue weighted by Crippen LogP contribution is -2.32. The van der Waals surface area contributed by atoms with Crippen LogP contribution in [0.15, 0.2) is 121 Å². The van der Waals surface area contributed by atoms with Crippen LogP contribution in [0.1, 0.15) is 70.8 Å². The molecule has 0 spiro atoms. The first-order valence-corrected chi connectivity index (χ1v) is 15.5. The topological polar surface area (TPSA) is 0 Å². The summed E-state index contributed by atoms with van der Waals surface area (Å²) in [5, 5.41) is 0. The van der Waals surface area contributed by atoms with Crippen LogP contribution in [0.2, 0.25) is 0 Å². The largest absolute Gasteiger partial charge is 0.244 e. The van der Waals surface area contributed by atoms with Gasteiger partial charge in [0, 0.05) is 0 Å². The summed E-state index contributed by atoms with van der Waals surface area (Å²) in [4.78, 5) is 0. The predicted octanol–water partition coefficient (Wildman–Crippen LogP) is 10.2. The smallest absolute Gasteiger partial charge is 0.0685 e. The fourth-order valence-electron chi connectivity index (χ4n) is 6.34. The van der Waals surface area contributed by atoms with Crippen molar-refractivity contribution in [2.75, 3.05) is 0 Å². The molecule has 0 atom stereocenters. The van der Waals surface area contributed by atoms with Crippen LogP contribution in [0.3, 0.4) is 0 Å². The van der Waals surface area contributed by atoms with E-state index in [4.69, 9.17) is 0 Å². The lowest BCUT2D eigenvalue weighted by atomic mass is 9.35. The molecule has 0 fully saturated rings. The zero-order valence-electron chi connectivity index (χ0n) is 26.6. The molecule has 0 unspecified atom stereocenters. The Morgan fingerprint density at radius 1 is 0.372 bits per heavy atom. The van der Waals surface area contributed by atoms with Gasteiger partial charge in [-0.2, -0.15) is 0 Å². The molecule has 212 valence electrons. The van der Waals surface area contributed by atoms with Crippen LogP contribution in [0.4, 0.5) is 0 Å². The number of hydrogen-bond donors (Lipinski definition) is 0. The molecule has 1 aliphatic rings. The van der Waals surface area contributed by atoms with Gasteiger partial charge >= 0.3 is 0 Å². The van der Waals surface area contributed by atoms with E-state index in [0.29, 0.717) is 0 Å². The molecule has 0 saturated heterocycles. The van der Waals surface area contributed by atoms with Gasteiger partial charge in [-0.15, -0.1) is 0 Å². The van der Waals surface area contributed by atoms with E-state index in [0.717, 1.165) is 0 Å². The third kappa shape index (κ3) is 5.69. The lowest BCUT2D eigenvalue weighted by Gasteiger charge is -2.22. The van der Waals surface area contributed by atoms with Crippen molar-refractivity contribution in [3.63, 3.8) is 0 Å². The highest BCUT2D eigenvalue weighted by atomic mass is 14.3. The Labute approximate surface area is 258 Å². The Kier molecular flexibility index (Phi) is 7.61. The Bertz CT molecular complexity index is 1700. The summed E-state index contributed by atoms with van der Waals surface area (Å²) in [6.07, 6.45) is 0. The third-order valence-corrected chi connectivity index (χ3v) is 8.88. The van der Waals surface area contributed by atoms with E-state index >= 15 is 0 Å². The molecule has 6 rings (SSSR count). The summed E-state index contributed by atoms with van der Waals surface area (Å²) in [5.74, 6) is 0. The minimum Gasteiger partial charge on any atom is -0.0685 e. The average molecular weight is 557 g/mol. The molecule has 1 heteroatoms. The van der Waals surface area contributed by atoms with Gasteiger partial charge in [-0.1, -0.05) is 181 Å². The highest BCUT2D eigenvalue weighted by Gasteiger charge is 2.40. The molecule has 5 aromatic carbocycles. The Morgan fingerprint density at radius 3 is 0.977 bits per heavy atom. The molecule has 43 heavy (non-hydrogen) atoms. The summed E-state index contributed by atoms with van der Waals surface area (Å²) in [6, 6.07) is 46.0. The maximum atomic E-state index is 2.37. The Hall–Kier alpha value is -4.36. The van der Waals surface area contributed by atoms with Crippen LogP contribution in [0.5, 0.6) is 0 Å². The molecule has 0 N–H and O–H groups in total. The maximum Gasteiger partial charge on any atom is 0.244 e. The zero-order chi connectivity index (χ0) is 30.3. The molecule has 0 saturated carbocycles. The second kappa shape index (κ2) is 11.4. The van der Waals surface area contributed by atoms with Gasteiger partial charge in [-0.3, -0.25) is 0 Å². The monoisotopic (exact) mass is 556 g/mol. The number of aryl methyl sites for hydroxylation is 4. The minimum absolute atomic E-state index is 0.0760. The van der Waals surface area contributed by atoms with Crippen molar-refractivity contribution in [1.29, 1.82) is 0 Å². The molecule has 0 aromatic heterocycles. The Morgan fingerprint density at radius 2 is 0.674 bits per heavy atom. The van der Waals surface area contributed by atoms with E-state index in [1.54, 1.807) is 0 Å². The van der Waals surface area contributed by atoms with Crippen LogP contribution >= 0.6 is 0 Å². The molecule has 0 amide bonds. The van der Waals surface area contributed by atoms with Gasteiger partial charge in [0.05, 0.1) is 0 Å². The maximum absolute atomic E-state index is 2.37. The highest BCUT2D eigenvalue weighted by Crippen LogP contribution is 2.51. The normalized spacial score (nSPS) is 13.7. The first-order chi connectivity index (χ1) is 20.6.